The molecule has 0 radical (unpaired) electrons. The molecule has 0 bridgehead atoms. The Kier molecular flexibility index (Phi) is 6.35. The number of pyridine rings is 1. The summed E-state index contributed by atoms with van der Waals surface area (Å²) in [4.78, 5) is 25.9. The minimum Gasteiger partial charge on any atom is -0.364 e. The van der Waals surface area contributed by atoms with Crippen LogP contribution in [0.5, 0.6) is 0 Å². The van der Waals surface area contributed by atoms with E-state index in [-0.39, 0.29) is 35.7 Å². The number of aryl methyl sites for hydroxylation is 1. The average molecular weight is 525 g/mol. The van der Waals surface area contributed by atoms with Gasteiger partial charge in [-0.15, -0.1) is 0 Å². The van der Waals surface area contributed by atoms with Crippen molar-refractivity contribution in [2.75, 3.05) is 18.0 Å². The molecule has 1 aromatic carbocycles. The highest BCUT2D eigenvalue weighted by atomic mass is 19.4. The van der Waals surface area contributed by atoms with Gasteiger partial charge in [0.05, 0.1) is 22.8 Å². The third-order valence-corrected chi connectivity index (χ3v) is 7.40. The Balaban J connectivity index is 1.54. The Morgan fingerprint density at radius 2 is 1.79 bits per heavy atom. The van der Waals surface area contributed by atoms with Gasteiger partial charge in [0.25, 0.3) is 5.56 Å². The van der Waals surface area contributed by atoms with Gasteiger partial charge >= 0.3 is 6.18 Å². The van der Waals surface area contributed by atoms with Crippen LogP contribution in [-0.4, -0.2) is 54.4 Å². The predicted molar refractivity (Wildman–Crippen MR) is 137 cm³/mol. The molecule has 0 amide bonds. The Labute approximate surface area is 216 Å². The summed E-state index contributed by atoms with van der Waals surface area (Å²) in [6, 6.07) is 9.17. The van der Waals surface area contributed by atoms with Crippen molar-refractivity contribution in [3.05, 3.63) is 58.3 Å². The normalized spacial score (nSPS) is 19.7. The zero-order valence-corrected chi connectivity index (χ0v) is 21.4. The maximum Gasteiger partial charge on any atom is 0.437 e. The van der Waals surface area contributed by atoms with E-state index in [4.69, 9.17) is 0 Å². The number of aromatic nitrogens is 5. The van der Waals surface area contributed by atoms with Crippen LogP contribution in [0.2, 0.25) is 0 Å². The van der Waals surface area contributed by atoms with E-state index < -0.39 is 17.4 Å². The Morgan fingerprint density at radius 1 is 1.08 bits per heavy atom. The molecule has 3 aromatic heterocycles. The molecule has 9 nitrogen and oxygen atoms in total. The molecule has 0 saturated carbocycles. The highest BCUT2D eigenvalue weighted by Gasteiger charge is 2.40. The molecular formula is C26H27F3N8O. The summed E-state index contributed by atoms with van der Waals surface area (Å²) in [5.74, 6) is 0. The number of anilines is 1. The van der Waals surface area contributed by atoms with E-state index in [0.717, 1.165) is 25.8 Å². The number of piperazine rings is 1. The SMILES string of the molecule is C[C@@H]1CN(c2cc(=O)n(C)c3c(C(F)(F)F)nn(CC#N)c23)[C@@H](C)CN1[C@@H](C)c1ccc2nccnc2c1. The van der Waals surface area contributed by atoms with Gasteiger partial charge in [0, 0.05) is 56.7 Å². The number of fused-ring (bicyclic) bond motifs is 2. The van der Waals surface area contributed by atoms with E-state index in [9.17, 15) is 23.2 Å². The van der Waals surface area contributed by atoms with Gasteiger partial charge in [-0.2, -0.15) is 23.5 Å². The van der Waals surface area contributed by atoms with Crippen LogP contribution in [0.15, 0.2) is 41.5 Å². The van der Waals surface area contributed by atoms with Crippen molar-refractivity contribution in [1.82, 2.24) is 29.2 Å². The van der Waals surface area contributed by atoms with Crippen LogP contribution in [0, 0.1) is 11.3 Å². The van der Waals surface area contributed by atoms with Crippen LogP contribution in [0.3, 0.4) is 0 Å². The fourth-order valence-corrected chi connectivity index (χ4v) is 5.47. The van der Waals surface area contributed by atoms with E-state index in [1.807, 2.05) is 36.1 Å². The van der Waals surface area contributed by atoms with Crippen LogP contribution >= 0.6 is 0 Å². The molecule has 4 aromatic rings. The number of alkyl halides is 3. The Bertz CT molecular complexity index is 1620. The molecule has 0 aliphatic carbocycles. The molecule has 0 unspecified atom stereocenters. The van der Waals surface area contributed by atoms with Gasteiger partial charge in [0.1, 0.15) is 17.6 Å². The highest BCUT2D eigenvalue weighted by Crippen LogP contribution is 2.38. The van der Waals surface area contributed by atoms with Crippen LogP contribution in [0.4, 0.5) is 18.9 Å². The van der Waals surface area contributed by atoms with Crippen molar-refractivity contribution >= 4 is 27.8 Å². The first-order valence-corrected chi connectivity index (χ1v) is 12.3. The van der Waals surface area contributed by atoms with Crippen molar-refractivity contribution < 1.29 is 13.2 Å². The summed E-state index contributed by atoms with van der Waals surface area (Å²) in [5.41, 5.74) is 1.15. The third kappa shape index (κ3) is 4.26. The maximum atomic E-state index is 13.9. The van der Waals surface area contributed by atoms with Gasteiger partial charge in [0.15, 0.2) is 5.69 Å². The minimum absolute atomic E-state index is 0.00675. The average Bonchev–Trinajstić information content (AvgIpc) is 3.27. The quantitative estimate of drug-likeness (QED) is 0.400. The fraction of sp³-hybridized carbons (Fsp3) is 0.423. The van der Waals surface area contributed by atoms with Crippen LogP contribution < -0.4 is 10.5 Å². The summed E-state index contributed by atoms with van der Waals surface area (Å²) >= 11 is 0. The lowest BCUT2D eigenvalue weighted by Gasteiger charge is -2.47. The van der Waals surface area contributed by atoms with Crippen molar-refractivity contribution in [3.63, 3.8) is 0 Å². The Hall–Kier alpha value is -3.98. The van der Waals surface area contributed by atoms with Gasteiger partial charge < -0.3 is 9.47 Å². The van der Waals surface area contributed by atoms with Crippen molar-refractivity contribution in [1.29, 1.82) is 5.26 Å². The lowest BCUT2D eigenvalue weighted by atomic mass is 9.99. The molecule has 0 spiro atoms. The molecule has 0 N–H and O–H groups in total. The maximum absolute atomic E-state index is 13.9. The molecule has 4 heterocycles. The summed E-state index contributed by atoms with van der Waals surface area (Å²) < 4.78 is 43.7. The van der Waals surface area contributed by atoms with Crippen LogP contribution in [-0.2, 0) is 19.8 Å². The van der Waals surface area contributed by atoms with Gasteiger partial charge in [-0.1, -0.05) is 6.07 Å². The third-order valence-electron chi connectivity index (χ3n) is 7.40. The molecular weight excluding hydrogens is 497 g/mol. The molecule has 38 heavy (non-hydrogen) atoms. The van der Waals surface area contributed by atoms with Crippen LogP contribution in [0.1, 0.15) is 38.1 Å². The number of halogens is 3. The lowest BCUT2D eigenvalue weighted by molar-refractivity contribution is -0.140. The first-order chi connectivity index (χ1) is 18.0. The second-order valence-corrected chi connectivity index (χ2v) is 9.81. The minimum atomic E-state index is -4.78. The highest BCUT2D eigenvalue weighted by molar-refractivity contribution is 5.91. The predicted octanol–water partition coefficient (Wildman–Crippen LogP) is 3.88. The van der Waals surface area contributed by atoms with E-state index in [1.54, 1.807) is 12.4 Å². The molecule has 12 heteroatoms. The smallest absolute Gasteiger partial charge is 0.364 e. The van der Waals surface area contributed by atoms with E-state index in [2.05, 4.69) is 33.8 Å². The number of hydrogen-bond donors (Lipinski definition) is 0. The van der Waals surface area contributed by atoms with Crippen LogP contribution in [0.25, 0.3) is 22.1 Å². The molecule has 1 aliphatic heterocycles. The van der Waals surface area contributed by atoms with Gasteiger partial charge in [-0.25, -0.2) is 4.68 Å². The van der Waals surface area contributed by atoms with Gasteiger partial charge in [0.2, 0.25) is 0 Å². The second-order valence-electron chi connectivity index (χ2n) is 9.81. The van der Waals surface area contributed by atoms with Gasteiger partial charge in [-0.05, 0) is 38.5 Å². The zero-order chi connectivity index (χ0) is 27.4. The summed E-state index contributed by atoms with van der Waals surface area (Å²) in [6.45, 7) is 6.86. The molecule has 5 rings (SSSR count). The molecule has 3 atom stereocenters. The lowest BCUT2D eigenvalue weighted by Crippen LogP contribution is -2.57. The van der Waals surface area contributed by atoms with E-state index in [0.29, 0.717) is 18.8 Å². The number of nitriles is 1. The zero-order valence-electron chi connectivity index (χ0n) is 21.4. The Morgan fingerprint density at radius 3 is 2.47 bits per heavy atom. The number of nitrogens with zero attached hydrogens (tertiary/aromatic N) is 8. The van der Waals surface area contributed by atoms with Crippen molar-refractivity contribution in [2.24, 2.45) is 7.05 Å². The standard InChI is InChI=1S/C26H27F3N8O/c1-15-14-36(16(2)13-35(15)17(3)18-5-6-19-20(11-18)32-9-8-31-19)21-12-22(38)34(4)24-23(21)37(10-7-30)33-25(24)26(27,28)29/h5-6,8-9,11-12,15-17H,10,13-14H2,1-4H3/t15-,16+,17+/m1/s1. The number of rotatable bonds is 4. The van der Waals surface area contributed by atoms with E-state index >= 15 is 0 Å². The fourth-order valence-electron chi connectivity index (χ4n) is 5.47. The summed E-state index contributed by atoms with van der Waals surface area (Å²) in [7, 11) is 1.29. The second kappa shape index (κ2) is 9.40. The molecule has 1 fully saturated rings. The summed E-state index contributed by atoms with van der Waals surface area (Å²) in [5, 5.41) is 13.0. The van der Waals surface area contributed by atoms with Crippen molar-refractivity contribution in [3.8, 4) is 6.07 Å². The van der Waals surface area contributed by atoms with Gasteiger partial charge in [-0.3, -0.25) is 19.7 Å². The summed E-state index contributed by atoms with van der Waals surface area (Å²) in [6.07, 6.45) is -1.46. The number of benzene rings is 1. The topological polar surface area (TPSA) is 95.9 Å². The van der Waals surface area contributed by atoms with E-state index in [1.165, 1.54) is 13.1 Å². The largest absolute Gasteiger partial charge is 0.437 e. The first-order valence-electron chi connectivity index (χ1n) is 12.3. The van der Waals surface area contributed by atoms with Crippen molar-refractivity contribution in [2.45, 2.75) is 51.6 Å². The molecule has 1 aliphatic rings. The monoisotopic (exact) mass is 524 g/mol. The first kappa shape index (κ1) is 25.7. The molecule has 1 saturated heterocycles. The number of hydrogen-bond acceptors (Lipinski definition) is 7. The molecule has 198 valence electrons.